The number of benzene rings is 1. The molecule has 1 rings (SSSR count). The maximum Gasteiger partial charge on any atom is 0.155 e. The molecule has 2 nitrogen and oxygen atoms in total. The van der Waals surface area contributed by atoms with E-state index in [2.05, 4.69) is 44.2 Å². The predicted molar refractivity (Wildman–Crippen MR) is 153 cm³/mol. The van der Waals surface area contributed by atoms with E-state index in [1.54, 1.807) is 0 Å². The maximum absolute atomic E-state index is 10.1. The van der Waals surface area contributed by atoms with Gasteiger partial charge in [-0.1, -0.05) is 127 Å². The Kier molecular flexibility index (Phi) is 22.4. The van der Waals surface area contributed by atoms with Gasteiger partial charge in [0.15, 0.2) is 6.29 Å². The second-order valence-corrected chi connectivity index (χ2v) is 11.4. The number of unbranched alkanes of at least 4 members (excludes halogenated alkanes) is 14. The van der Waals surface area contributed by atoms with Crippen LogP contribution in [0.4, 0.5) is 0 Å². The van der Waals surface area contributed by atoms with Gasteiger partial charge in [0.25, 0.3) is 0 Å². The summed E-state index contributed by atoms with van der Waals surface area (Å²) >= 11 is 1.98. The number of hydrogen-bond acceptors (Lipinski definition) is 3. The number of aliphatic hydroxyl groups excluding tert-OH is 1. The topological polar surface area (TPSA) is 29.5 Å². The maximum atomic E-state index is 10.1. The Labute approximate surface area is 217 Å². The molecule has 1 unspecified atom stereocenters. The molecule has 0 heterocycles. The quantitative estimate of drug-likeness (QED) is 0.109. The van der Waals surface area contributed by atoms with E-state index in [-0.39, 0.29) is 6.10 Å². The molecule has 1 aromatic carbocycles. The summed E-state index contributed by atoms with van der Waals surface area (Å²) < 4.78 is 5.75. The van der Waals surface area contributed by atoms with Crippen LogP contribution in [0, 0.1) is 0 Å². The first-order chi connectivity index (χ1) is 16.7. The van der Waals surface area contributed by atoms with Crippen LogP contribution >= 0.6 is 11.8 Å². The van der Waals surface area contributed by atoms with Gasteiger partial charge in [0.05, 0.1) is 6.10 Å². The smallest absolute Gasteiger partial charge is 0.155 e. The summed E-state index contributed by atoms with van der Waals surface area (Å²) in [6.07, 6.45) is 24.4. The molecule has 34 heavy (non-hydrogen) atoms. The highest BCUT2D eigenvalue weighted by atomic mass is 32.2. The van der Waals surface area contributed by atoms with Gasteiger partial charge in [-0.05, 0) is 49.7 Å². The normalized spacial score (nSPS) is 13.3. The van der Waals surface area contributed by atoms with Crippen molar-refractivity contribution in [3.05, 3.63) is 35.9 Å². The zero-order valence-corrected chi connectivity index (χ0v) is 23.5. The third-order valence-electron chi connectivity index (χ3n) is 6.71. The summed E-state index contributed by atoms with van der Waals surface area (Å²) in [6, 6.07) is 10.9. The number of hydrogen-bond donors (Lipinski definition) is 1. The highest BCUT2D eigenvalue weighted by Crippen LogP contribution is 2.16. The van der Waals surface area contributed by atoms with Gasteiger partial charge in [0.2, 0.25) is 0 Å². The van der Waals surface area contributed by atoms with Gasteiger partial charge in [0, 0.05) is 6.42 Å². The first kappa shape index (κ1) is 31.5. The van der Waals surface area contributed by atoms with E-state index in [0.29, 0.717) is 0 Å². The predicted octanol–water partition coefficient (Wildman–Crippen LogP) is 9.73. The molecular weight excluding hydrogens is 436 g/mol. The van der Waals surface area contributed by atoms with Gasteiger partial charge < -0.3 is 9.84 Å². The van der Waals surface area contributed by atoms with Crippen molar-refractivity contribution in [2.24, 2.45) is 0 Å². The summed E-state index contributed by atoms with van der Waals surface area (Å²) in [5.74, 6) is 2.23. The lowest BCUT2D eigenvalue weighted by atomic mass is 10.0. The molecule has 1 N–H and O–H groups in total. The third kappa shape index (κ3) is 20.8. The van der Waals surface area contributed by atoms with Crippen molar-refractivity contribution in [1.82, 2.24) is 0 Å². The van der Waals surface area contributed by atoms with Gasteiger partial charge >= 0.3 is 0 Å². The molecule has 0 radical (unpaired) electrons. The summed E-state index contributed by atoms with van der Waals surface area (Å²) in [5.41, 5.74) is 1.48. The SMILES string of the molecule is CCCCCCCCC(C)O[C@@H](O)CCSCCCCCCCCCCCCc1ccccc1. The zero-order chi connectivity index (χ0) is 24.5. The first-order valence-electron chi connectivity index (χ1n) is 14.7. The minimum absolute atomic E-state index is 0.181. The fraction of sp³-hybridized carbons (Fsp3) is 0.806. The van der Waals surface area contributed by atoms with Crippen molar-refractivity contribution < 1.29 is 9.84 Å². The van der Waals surface area contributed by atoms with Crippen molar-refractivity contribution in [2.75, 3.05) is 11.5 Å². The summed E-state index contributed by atoms with van der Waals surface area (Å²) in [6.45, 7) is 4.36. The van der Waals surface area contributed by atoms with Crippen LogP contribution in [0.15, 0.2) is 30.3 Å². The fourth-order valence-corrected chi connectivity index (χ4v) is 5.48. The molecule has 0 saturated heterocycles. The Bertz CT molecular complexity index is 521. The Morgan fingerprint density at radius 3 is 1.88 bits per heavy atom. The van der Waals surface area contributed by atoms with Crippen LogP contribution in [0.1, 0.15) is 135 Å². The highest BCUT2D eigenvalue weighted by molar-refractivity contribution is 7.99. The van der Waals surface area contributed by atoms with E-state index in [4.69, 9.17) is 4.74 Å². The van der Waals surface area contributed by atoms with Crippen LogP contribution in [0.25, 0.3) is 0 Å². The molecule has 1 aromatic rings. The van der Waals surface area contributed by atoms with Crippen molar-refractivity contribution >= 4 is 11.8 Å². The van der Waals surface area contributed by atoms with Crippen molar-refractivity contribution in [3.8, 4) is 0 Å². The van der Waals surface area contributed by atoms with Gasteiger partial charge in [-0.15, -0.1) is 0 Å². The van der Waals surface area contributed by atoms with Crippen LogP contribution in [-0.4, -0.2) is 29.0 Å². The first-order valence-corrected chi connectivity index (χ1v) is 15.8. The summed E-state index contributed by atoms with van der Waals surface area (Å²) in [5, 5.41) is 10.1. The van der Waals surface area contributed by atoms with Gasteiger partial charge in [-0.2, -0.15) is 11.8 Å². The summed E-state index contributed by atoms with van der Waals surface area (Å²) in [7, 11) is 0. The molecule has 2 atom stereocenters. The Balaban J connectivity index is 1.76. The molecule has 0 bridgehead atoms. The molecular formula is C31H56O2S. The molecule has 3 heteroatoms. The van der Waals surface area contributed by atoms with Gasteiger partial charge in [0.1, 0.15) is 0 Å². The van der Waals surface area contributed by atoms with E-state index < -0.39 is 6.29 Å². The van der Waals surface area contributed by atoms with Crippen LogP contribution < -0.4 is 0 Å². The fourth-order valence-electron chi connectivity index (χ4n) is 4.49. The Hall–Kier alpha value is -0.510. The van der Waals surface area contributed by atoms with Crippen LogP contribution in [0.2, 0.25) is 0 Å². The minimum Gasteiger partial charge on any atom is -0.368 e. The second kappa shape index (κ2) is 24.2. The average molecular weight is 493 g/mol. The molecule has 0 aromatic heterocycles. The lowest BCUT2D eigenvalue weighted by molar-refractivity contribution is -0.132. The molecule has 0 spiro atoms. The molecule has 0 amide bonds. The second-order valence-electron chi connectivity index (χ2n) is 10.1. The third-order valence-corrected chi connectivity index (χ3v) is 7.81. The van der Waals surface area contributed by atoms with E-state index >= 15 is 0 Å². The van der Waals surface area contributed by atoms with E-state index in [1.807, 2.05) is 11.8 Å². The molecule has 198 valence electrons. The highest BCUT2D eigenvalue weighted by Gasteiger charge is 2.10. The van der Waals surface area contributed by atoms with Gasteiger partial charge in [-0.3, -0.25) is 0 Å². The number of thioether (sulfide) groups is 1. The monoisotopic (exact) mass is 492 g/mol. The van der Waals surface area contributed by atoms with Gasteiger partial charge in [-0.25, -0.2) is 0 Å². The van der Waals surface area contributed by atoms with E-state index in [9.17, 15) is 5.11 Å². The Morgan fingerprint density at radius 1 is 0.676 bits per heavy atom. The lowest BCUT2D eigenvalue weighted by Gasteiger charge is -2.18. The Morgan fingerprint density at radius 2 is 1.24 bits per heavy atom. The van der Waals surface area contributed by atoms with Crippen LogP contribution in [0.5, 0.6) is 0 Å². The number of ether oxygens (including phenoxy) is 1. The number of aryl methyl sites for hydroxylation is 1. The molecule has 0 aliphatic carbocycles. The molecule has 0 aliphatic heterocycles. The van der Waals surface area contributed by atoms with Crippen molar-refractivity contribution in [2.45, 2.75) is 148 Å². The lowest BCUT2D eigenvalue weighted by Crippen LogP contribution is -2.20. The average Bonchev–Trinajstić information content (AvgIpc) is 2.84. The largest absolute Gasteiger partial charge is 0.368 e. The molecule has 0 saturated carbocycles. The van der Waals surface area contributed by atoms with Crippen LogP contribution in [-0.2, 0) is 11.2 Å². The van der Waals surface area contributed by atoms with E-state index in [0.717, 1.165) is 18.6 Å². The zero-order valence-electron chi connectivity index (χ0n) is 22.7. The number of rotatable bonds is 25. The van der Waals surface area contributed by atoms with Crippen LogP contribution in [0.3, 0.4) is 0 Å². The van der Waals surface area contributed by atoms with Crippen molar-refractivity contribution in [3.63, 3.8) is 0 Å². The molecule has 0 aliphatic rings. The van der Waals surface area contributed by atoms with Crippen molar-refractivity contribution in [1.29, 1.82) is 0 Å². The molecule has 0 fully saturated rings. The van der Waals surface area contributed by atoms with E-state index in [1.165, 1.54) is 120 Å². The number of aliphatic hydroxyl groups is 1. The standard InChI is InChI=1S/C31H56O2S/c1-3-4-5-6-13-17-22-29(2)33-31(32)26-28-34-27-21-15-12-10-8-7-9-11-14-18-23-30-24-19-16-20-25-30/h16,19-20,24-25,29,31-32H,3-15,17-18,21-23,26-28H2,1-2H3/t29?,31-/m1/s1. The minimum atomic E-state index is -0.582. The summed E-state index contributed by atoms with van der Waals surface area (Å²) in [4.78, 5) is 0.